The van der Waals surface area contributed by atoms with Crippen LogP contribution in [0.3, 0.4) is 0 Å². The van der Waals surface area contributed by atoms with Crippen molar-refractivity contribution in [1.29, 1.82) is 0 Å². The number of hydrogen-bond acceptors (Lipinski definition) is 1. The van der Waals surface area contributed by atoms with E-state index in [0.717, 1.165) is 17.6 Å². The highest BCUT2D eigenvalue weighted by molar-refractivity contribution is 5.55. The van der Waals surface area contributed by atoms with Crippen molar-refractivity contribution in [3.05, 3.63) is 58.9 Å². The lowest BCUT2D eigenvalue weighted by Crippen LogP contribution is -1.88. The van der Waals surface area contributed by atoms with E-state index in [9.17, 15) is 5.11 Å². The van der Waals surface area contributed by atoms with Crippen molar-refractivity contribution in [2.24, 2.45) is 0 Å². The van der Waals surface area contributed by atoms with Crippen LogP contribution in [-0.4, -0.2) is 5.11 Å². The van der Waals surface area contributed by atoms with Gasteiger partial charge in [-0.25, -0.2) is 0 Å². The average molecular weight is 172 g/mol. The van der Waals surface area contributed by atoms with Crippen molar-refractivity contribution in [2.75, 3.05) is 0 Å². The summed E-state index contributed by atoms with van der Waals surface area (Å²) in [7, 11) is 0. The van der Waals surface area contributed by atoms with Gasteiger partial charge in [-0.3, -0.25) is 0 Å². The monoisotopic (exact) mass is 172 g/mol. The Bertz CT molecular complexity index is 376. The number of aliphatic hydroxyl groups is 1. The second-order valence-electron chi connectivity index (χ2n) is 3.35. The molecule has 0 spiro atoms. The average Bonchev–Trinajstić information content (AvgIpc) is 2.20. The Morgan fingerprint density at radius 1 is 1.15 bits per heavy atom. The minimum absolute atomic E-state index is 0.338. The topological polar surface area (TPSA) is 20.2 Å². The molecule has 2 aliphatic carbocycles. The summed E-state index contributed by atoms with van der Waals surface area (Å²) in [5, 5.41) is 9.48. The number of aliphatic hydroxyl groups excluding tert-OH is 1. The highest BCUT2D eigenvalue weighted by Gasteiger charge is 2.07. The van der Waals surface area contributed by atoms with E-state index >= 15 is 0 Å². The lowest BCUT2D eigenvalue weighted by molar-refractivity contribution is 0.432. The zero-order valence-electron chi connectivity index (χ0n) is 7.62. The molecule has 2 rings (SSSR count). The molecular formula is C12H12O. The van der Waals surface area contributed by atoms with E-state index in [1.165, 1.54) is 5.57 Å². The minimum atomic E-state index is 0.338. The number of hydrogen-bond donors (Lipinski definition) is 1. The fourth-order valence-corrected chi connectivity index (χ4v) is 1.60. The second-order valence-corrected chi connectivity index (χ2v) is 3.35. The Hall–Kier alpha value is -1.50. The van der Waals surface area contributed by atoms with Crippen molar-refractivity contribution in [2.45, 2.75) is 13.3 Å². The first-order valence-electron chi connectivity index (χ1n) is 4.43. The molecular weight excluding hydrogens is 160 g/mol. The Balaban J connectivity index is 2.50. The van der Waals surface area contributed by atoms with Crippen molar-refractivity contribution in [1.82, 2.24) is 0 Å². The molecule has 2 aliphatic rings. The summed E-state index contributed by atoms with van der Waals surface area (Å²) in [5.74, 6) is 0.338. The lowest BCUT2D eigenvalue weighted by Gasteiger charge is -2.06. The maximum absolute atomic E-state index is 9.48. The van der Waals surface area contributed by atoms with Gasteiger partial charge in [-0.2, -0.15) is 0 Å². The first kappa shape index (κ1) is 8.11. The molecule has 0 aliphatic heterocycles. The molecule has 13 heavy (non-hydrogen) atoms. The molecule has 0 radical (unpaired) electrons. The van der Waals surface area contributed by atoms with Gasteiger partial charge in [0.15, 0.2) is 0 Å². The zero-order chi connectivity index (χ0) is 9.26. The summed E-state index contributed by atoms with van der Waals surface area (Å²) in [6, 6.07) is 0. The van der Waals surface area contributed by atoms with E-state index in [4.69, 9.17) is 0 Å². The highest BCUT2D eigenvalue weighted by Crippen LogP contribution is 2.24. The molecule has 66 valence electrons. The smallest absolute Gasteiger partial charge is 0.116 e. The van der Waals surface area contributed by atoms with Crippen LogP contribution in [0.2, 0.25) is 0 Å². The number of fused-ring (bicyclic) bond motifs is 1. The maximum atomic E-state index is 9.48. The van der Waals surface area contributed by atoms with Crippen LogP contribution in [-0.2, 0) is 0 Å². The van der Waals surface area contributed by atoms with Crippen LogP contribution in [0.4, 0.5) is 0 Å². The van der Waals surface area contributed by atoms with Gasteiger partial charge in [0, 0.05) is 0 Å². The number of allylic oxidation sites excluding steroid dienone is 9. The van der Waals surface area contributed by atoms with E-state index in [1.54, 1.807) is 6.08 Å². The Morgan fingerprint density at radius 2 is 2.00 bits per heavy atom. The van der Waals surface area contributed by atoms with Gasteiger partial charge in [0.05, 0.1) is 0 Å². The van der Waals surface area contributed by atoms with Crippen LogP contribution in [0, 0.1) is 0 Å². The summed E-state index contributed by atoms with van der Waals surface area (Å²) in [5.41, 5.74) is 3.39. The van der Waals surface area contributed by atoms with Crippen molar-refractivity contribution >= 4 is 0 Å². The summed E-state index contributed by atoms with van der Waals surface area (Å²) in [6.45, 7) is 1.99. The van der Waals surface area contributed by atoms with Crippen LogP contribution in [0.1, 0.15) is 13.3 Å². The molecule has 0 fully saturated rings. The molecule has 1 N–H and O–H groups in total. The summed E-state index contributed by atoms with van der Waals surface area (Å²) in [4.78, 5) is 0. The lowest BCUT2D eigenvalue weighted by atomic mass is 9.99. The Labute approximate surface area is 78.1 Å². The van der Waals surface area contributed by atoms with Crippen LogP contribution in [0.25, 0.3) is 0 Å². The van der Waals surface area contributed by atoms with Crippen LogP contribution in [0.5, 0.6) is 0 Å². The minimum Gasteiger partial charge on any atom is -0.508 e. The summed E-state index contributed by atoms with van der Waals surface area (Å²) < 4.78 is 0. The van der Waals surface area contributed by atoms with Crippen molar-refractivity contribution in [3.63, 3.8) is 0 Å². The molecule has 0 aromatic heterocycles. The van der Waals surface area contributed by atoms with Gasteiger partial charge in [0.2, 0.25) is 0 Å². The Morgan fingerprint density at radius 3 is 2.85 bits per heavy atom. The Kier molecular flexibility index (Phi) is 1.93. The SMILES string of the molecule is CC1=CC(O)=CC2=CCC=CC2=C1. The fraction of sp³-hybridized carbons (Fsp3) is 0.167. The molecule has 0 heterocycles. The van der Waals surface area contributed by atoms with E-state index in [-0.39, 0.29) is 0 Å². The molecule has 0 saturated carbocycles. The van der Waals surface area contributed by atoms with Crippen LogP contribution < -0.4 is 0 Å². The molecule has 1 nitrogen and oxygen atoms in total. The van der Waals surface area contributed by atoms with Crippen LogP contribution in [0.15, 0.2) is 58.9 Å². The van der Waals surface area contributed by atoms with Crippen molar-refractivity contribution in [3.8, 4) is 0 Å². The predicted octanol–water partition coefficient (Wildman–Crippen LogP) is 3.20. The number of rotatable bonds is 0. The molecule has 0 saturated heterocycles. The van der Waals surface area contributed by atoms with Crippen LogP contribution >= 0.6 is 0 Å². The molecule has 0 bridgehead atoms. The first-order chi connectivity index (χ1) is 6.25. The quantitative estimate of drug-likeness (QED) is 0.595. The third kappa shape index (κ3) is 1.64. The molecule has 0 amide bonds. The van der Waals surface area contributed by atoms with E-state index in [2.05, 4.69) is 24.3 Å². The van der Waals surface area contributed by atoms with Crippen molar-refractivity contribution < 1.29 is 5.11 Å². The van der Waals surface area contributed by atoms with Gasteiger partial charge in [-0.05, 0) is 42.2 Å². The van der Waals surface area contributed by atoms with Gasteiger partial charge in [-0.15, -0.1) is 0 Å². The third-order valence-corrected chi connectivity index (χ3v) is 2.17. The van der Waals surface area contributed by atoms with Gasteiger partial charge >= 0.3 is 0 Å². The molecule has 1 heteroatoms. The van der Waals surface area contributed by atoms with E-state index in [1.807, 2.05) is 13.0 Å². The summed E-state index contributed by atoms with van der Waals surface area (Å²) >= 11 is 0. The summed E-state index contributed by atoms with van der Waals surface area (Å²) in [6.07, 6.45) is 13.0. The van der Waals surface area contributed by atoms with Gasteiger partial charge < -0.3 is 5.11 Å². The first-order valence-corrected chi connectivity index (χ1v) is 4.43. The maximum Gasteiger partial charge on any atom is 0.116 e. The molecule has 0 unspecified atom stereocenters. The van der Waals surface area contributed by atoms with Gasteiger partial charge in [0.25, 0.3) is 0 Å². The predicted molar refractivity (Wildman–Crippen MR) is 54.4 cm³/mol. The highest BCUT2D eigenvalue weighted by atomic mass is 16.3. The van der Waals surface area contributed by atoms with Gasteiger partial charge in [0.1, 0.15) is 5.76 Å². The standard InChI is InChI=1S/C12H12O/c1-9-6-10-4-2-3-5-11(10)8-12(13)7-9/h2,4-8,13H,3H2,1H3. The fourth-order valence-electron chi connectivity index (χ4n) is 1.60. The normalized spacial score (nSPS) is 20.7. The van der Waals surface area contributed by atoms with Gasteiger partial charge in [-0.1, -0.05) is 24.3 Å². The second kappa shape index (κ2) is 3.09. The third-order valence-electron chi connectivity index (χ3n) is 2.17. The molecule has 0 aromatic rings. The largest absolute Gasteiger partial charge is 0.508 e. The molecule has 0 atom stereocenters. The van der Waals surface area contributed by atoms with E-state index in [0.29, 0.717) is 5.76 Å². The molecule has 0 aromatic carbocycles. The zero-order valence-corrected chi connectivity index (χ0v) is 7.62. The van der Waals surface area contributed by atoms with E-state index < -0.39 is 0 Å².